The minimum absolute atomic E-state index is 0.0325. The number of nitrogens with zero attached hydrogens (tertiary/aromatic N) is 3. The summed E-state index contributed by atoms with van der Waals surface area (Å²) >= 11 is 18.7. The zero-order valence-corrected chi connectivity index (χ0v) is 20.3. The lowest BCUT2D eigenvalue weighted by molar-refractivity contribution is 0.233. The fourth-order valence-corrected chi connectivity index (χ4v) is 4.66. The number of fused-ring (bicyclic) bond motifs is 1. The fraction of sp³-hybridized carbons (Fsp3) is 0.200. The molecule has 9 heteroatoms. The second-order valence-electron chi connectivity index (χ2n) is 8.18. The molecule has 1 N–H and O–H groups in total. The molecule has 1 aliphatic rings. The second-order valence-corrected chi connectivity index (χ2v) is 9.43. The van der Waals surface area contributed by atoms with E-state index in [1.54, 1.807) is 30.3 Å². The summed E-state index contributed by atoms with van der Waals surface area (Å²) in [6.45, 7) is 4.51. The largest absolute Gasteiger partial charge is 0.314 e. The standard InChI is InChI=1S/C25H20Cl3FN4O/c26-16-2-4-18-23(12-16)31-24(33(25(18)34)17-3-6-21(28)22(29)13-17)19-11-15(1-5-20(19)27)14-32-9-7-30-8-10-32/h1-6,11-13,30H,7-10,14H2. The molecule has 5 rings (SSSR count). The van der Waals surface area contributed by atoms with E-state index in [0.717, 1.165) is 38.3 Å². The number of piperazine rings is 1. The summed E-state index contributed by atoms with van der Waals surface area (Å²) in [6, 6.07) is 14.8. The quantitative estimate of drug-likeness (QED) is 0.385. The van der Waals surface area contributed by atoms with Crippen molar-refractivity contribution in [1.29, 1.82) is 0 Å². The van der Waals surface area contributed by atoms with Gasteiger partial charge in [0.05, 0.1) is 26.6 Å². The van der Waals surface area contributed by atoms with Crippen molar-refractivity contribution >= 4 is 45.7 Å². The maximum absolute atomic E-state index is 14.4. The Kier molecular flexibility index (Phi) is 6.60. The van der Waals surface area contributed by atoms with Crippen molar-refractivity contribution in [3.05, 3.63) is 91.4 Å². The van der Waals surface area contributed by atoms with Gasteiger partial charge in [-0.15, -0.1) is 0 Å². The SMILES string of the molecule is O=c1c2ccc(Cl)cc2nc(-c2cc(CN3CCNCC3)ccc2Cl)n1-c1ccc(Cl)c(F)c1. The van der Waals surface area contributed by atoms with Gasteiger partial charge < -0.3 is 5.32 Å². The van der Waals surface area contributed by atoms with Gasteiger partial charge >= 0.3 is 0 Å². The van der Waals surface area contributed by atoms with Crippen molar-refractivity contribution in [2.75, 3.05) is 26.2 Å². The van der Waals surface area contributed by atoms with Crippen molar-refractivity contribution in [2.45, 2.75) is 6.54 Å². The van der Waals surface area contributed by atoms with Crippen LogP contribution < -0.4 is 10.9 Å². The Labute approximate surface area is 210 Å². The molecule has 0 spiro atoms. The lowest BCUT2D eigenvalue weighted by Crippen LogP contribution is -2.42. The number of nitrogens with one attached hydrogen (secondary N) is 1. The van der Waals surface area contributed by atoms with Gasteiger partial charge in [-0.2, -0.15) is 0 Å². The maximum atomic E-state index is 14.4. The molecule has 1 saturated heterocycles. The van der Waals surface area contributed by atoms with Gasteiger partial charge in [-0.1, -0.05) is 40.9 Å². The van der Waals surface area contributed by atoms with Gasteiger partial charge in [0, 0.05) is 43.3 Å². The molecule has 0 radical (unpaired) electrons. The summed E-state index contributed by atoms with van der Waals surface area (Å²) in [6.07, 6.45) is 0. The minimum Gasteiger partial charge on any atom is -0.314 e. The molecule has 0 saturated carbocycles. The molecular weight excluding hydrogens is 498 g/mol. The lowest BCUT2D eigenvalue weighted by Gasteiger charge is -2.27. The minimum atomic E-state index is -0.633. The van der Waals surface area contributed by atoms with Crippen LogP contribution >= 0.6 is 34.8 Å². The predicted octanol–water partition coefficient (Wildman–Crippen LogP) is 5.56. The zero-order chi connectivity index (χ0) is 23.8. The Bertz CT molecular complexity index is 1450. The van der Waals surface area contributed by atoms with Gasteiger partial charge in [-0.05, 0) is 54.1 Å². The van der Waals surface area contributed by atoms with E-state index in [0.29, 0.717) is 38.0 Å². The van der Waals surface area contributed by atoms with Crippen LogP contribution in [0.1, 0.15) is 5.56 Å². The Morgan fingerprint density at radius 2 is 1.71 bits per heavy atom. The van der Waals surface area contributed by atoms with Crippen molar-refractivity contribution in [3.63, 3.8) is 0 Å². The smallest absolute Gasteiger partial charge is 0.266 e. The van der Waals surface area contributed by atoms with E-state index in [-0.39, 0.29) is 10.6 Å². The van der Waals surface area contributed by atoms with E-state index in [1.165, 1.54) is 16.7 Å². The van der Waals surface area contributed by atoms with Crippen LogP contribution in [0.25, 0.3) is 28.0 Å². The summed E-state index contributed by atoms with van der Waals surface area (Å²) in [5.74, 6) is -0.333. The molecule has 5 nitrogen and oxygen atoms in total. The topological polar surface area (TPSA) is 50.2 Å². The molecule has 0 aliphatic carbocycles. The molecule has 1 aliphatic heterocycles. The van der Waals surface area contributed by atoms with Gasteiger partial charge in [0.1, 0.15) is 11.6 Å². The van der Waals surface area contributed by atoms with Crippen LogP contribution in [-0.4, -0.2) is 40.6 Å². The van der Waals surface area contributed by atoms with E-state index in [2.05, 4.69) is 10.2 Å². The van der Waals surface area contributed by atoms with E-state index >= 15 is 0 Å². The third kappa shape index (κ3) is 4.57. The average Bonchev–Trinajstić information content (AvgIpc) is 2.82. The van der Waals surface area contributed by atoms with Crippen molar-refractivity contribution in [2.24, 2.45) is 0 Å². The Hall–Kier alpha value is -2.48. The first-order chi connectivity index (χ1) is 16.4. The molecule has 3 aromatic carbocycles. The Morgan fingerprint density at radius 3 is 2.47 bits per heavy atom. The number of hydrogen-bond acceptors (Lipinski definition) is 4. The number of halogens is 4. The van der Waals surface area contributed by atoms with Crippen LogP contribution in [0, 0.1) is 5.82 Å². The zero-order valence-electron chi connectivity index (χ0n) is 18.0. The molecule has 0 amide bonds. The van der Waals surface area contributed by atoms with Crippen LogP contribution in [0.4, 0.5) is 4.39 Å². The molecule has 4 aromatic rings. The van der Waals surface area contributed by atoms with Gasteiger partial charge in [-0.3, -0.25) is 14.3 Å². The van der Waals surface area contributed by atoms with E-state index in [4.69, 9.17) is 39.8 Å². The third-order valence-corrected chi connectivity index (χ3v) is 6.75. The maximum Gasteiger partial charge on any atom is 0.266 e. The summed E-state index contributed by atoms with van der Waals surface area (Å²) in [7, 11) is 0. The molecule has 0 bridgehead atoms. The lowest BCUT2D eigenvalue weighted by atomic mass is 10.1. The fourth-order valence-electron chi connectivity index (χ4n) is 4.17. The van der Waals surface area contributed by atoms with Crippen LogP contribution in [0.5, 0.6) is 0 Å². The van der Waals surface area contributed by atoms with Crippen molar-refractivity contribution in [1.82, 2.24) is 19.8 Å². The van der Waals surface area contributed by atoms with Crippen LogP contribution in [0.2, 0.25) is 15.1 Å². The van der Waals surface area contributed by atoms with Crippen LogP contribution in [0.15, 0.2) is 59.4 Å². The average molecular weight is 518 g/mol. The molecule has 174 valence electrons. The Morgan fingerprint density at radius 1 is 0.941 bits per heavy atom. The number of rotatable bonds is 4. The van der Waals surface area contributed by atoms with Crippen molar-refractivity contribution < 1.29 is 4.39 Å². The molecule has 0 unspecified atom stereocenters. The highest BCUT2D eigenvalue weighted by Gasteiger charge is 2.19. The summed E-state index contributed by atoms with van der Waals surface area (Å²) in [4.78, 5) is 20.7. The first-order valence-electron chi connectivity index (χ1n) is 10.8. The van der Waals surface area contributed by atoms with Crippen molar-refractivity contribution in [3.8, 4) is 17.1 Å². The molecular formula is C25H20Cl3FN4O. The predicted molar refractivity (Wildman–Crippen MR) is 136 cm³/mol. The van der Waals surface area contributed by atoms with Gasteiger partial charge in [0.25, 0.3) is 5.56 Å². The van der Waals surface area contributed by atoms with Crippen LogP contribution in [-0.2, 0) is 6.54 Å². The second kappa shape index (κ2) is 9.64. The van der Waals surface area contributed by atoms with Crippen LogP contribution in [0.3, 0.4) is 0 Å². The number of aromatic nitrogens is 2. The molecule has 1 fully saturated rings. The normalized spacial score (nSPS) is 14.6. The van der Waals surface area contributed by atoms with Gasteiger partial charge in [-0.25, -0.2) is 9.37 Å². The van der Waals surface area contributed by atoms with E-state index < -0.39 is 5.82 Å². The monoisotopic (exact) mass is 516 g/mol. The summed E-state index contributed by atoms with van der Waals surface area (Å²) in [5.41, 5.74) is 1.98. The molecule has 0 atom stereocenters. The molecule has 2 heterocycles. The summed E-state index contributed by atoms with van der Waals surface area (Å²) in [5, 5.41) is 4.56. The number of benzene rings is 3. The highest BCUT2D eigenvalue weighted by Crippen LogP contribution is 2.31. The summed E-state index contributed by atoms with van der Waals surface area (Å²) < 4.78 is 15.7. The highest BCUT2D eigenvalue weighted by molar-refractivity contribution is 6.33. The molecule has 1 aromatic heterocycles. The van der Waals surface area contributed by atoms with Gasteiger partial charge in [0.15, 0.2) is 0 Å². The van der Waals surface area contributed by atoms with E-state index in [9.17, 15) is 9.18 Å². The van der Waals surface area contributed by atoms with E-state index in [1.807, 2.05) is 12.1 Å². The van der Waals surface area contributed by atoms with Gasteiger partial charge in [0.2, 0.25) is 0 Å². The first kappa shape index (κ1) is 23.3. The first-order valence-corrected chi connectivity index (χ1v) is 11.9. The Balaban J connectivity index is 1.73. The highest BCUT2D eigenvalue weighted by atomic mass is 35.5. The third-order valence-electron chi connectivity index (χ3n) is 5.88. The molecule has 34 heavy (non-hydrogen) atoms. The number of hydrogen-bond donors (Lipinski definition) is 1.